The minimum absolute atomic E-state index is 0.0862. The molecule has 0 radical (unpaired) electrons. The number of amides is 1. The number of hydrogen-bond acceptors (Lipinski definition) is 2. The van der Waals surface area contributed by atoms with E-state index in [0.29, 0.717) is 11.3 Å². The summed E-state index contributed by atoms with van der Waals surface area (Å²) in [6, 6.07) is 33.6. The van der Waals surface area contributed by atoms with E-state index in [4.69, 9.17) is 4.74 Å². The van der Waals surface area contributed by atoms with Crippen molar-refractivity contribution in [2.24, 2.45) is 0 Å². The largest absolute Gasteiger partial charge is 0.457 e. The molecule has 3 nitrogen and oxygen atoms in total. The third-order valence-corrected chi connectivity index (χ3v) is 5.73. The lowest BCUT2D eigenvalue weighted by Gasteiger charge is -2.26. The van der Waals surface area contributed by atoms with Crippen LogP contribution in [0.1, 0.15) is 40.9 Å². The molecule has 0 aliphatic heterocycles. The van der Waals surface area contributed by atoms with Crippen molar-refractivity contribution in [3.8, 4) is 11.5 Å². The minimum atomic E-state index is -0.129. The summed E-state index contributed by atoms with van der Waals surface area (Å²) in [5.41, 5.74) is 4.90. The predicted octanol–water partition coefficient (Wildman–Crippen LogP) is 7.37. The SMILES string of the molecule is Cc1ccc(C(=O)Nc2ccc(Oc3ccc(C(C)(C)c4ccccc4)cc3)cc2)cc1. The Morgan fingerprint density at radius 2 is 1.22 bits per heavy atom. The van der Waals surface area contributed by atoms with Gasteiger partial charge in [0.15, 0.2) is 0 Å². The van der Waals surface area contributed by atoms with E-state index in [1.165, 1.54) is 11.1 Å². The zero-order valence-corrected chi connectivity index (χ0v) is 18.6. The van der Waals surface area contributed by atoms with E-state index < -0.39 is 0 Å². The Labute approximate surface area is 189 Å². The summed E-state index contributed by atoms with van der Waals surface area (Å²) in [5, 5.41) is 2.91. The van der Waals surface area contributed by atoms with E-state index in [-0.39, 0.29) is 11.3 Å². The first kappa shape index (κ1) is 21.4. The minimum Gasteiger partial charge on any atom is -0.457 e. The molecule has 4 aromatic carbocycles. The Hall–Kier alpha value is -3.85. The van der Waals surface area contributed by atoms with Crippen LogP contribution < -0.4 is 10.1 Å². The van der Waals surface area contributed by atoms with Crippen LogP contribution in [0.2, 0.25) is 0 Å². The van der Waals surface area contributed by atoms with Crippen molar-refractivity contribution in [1.29, 1.82) is 0 Å². The number of benzene rings is 4. The average Bonchev–Trinajstić information content (AvgIpc) is 2.82. The van der Waals surface area contributed by atoms with Crippen LogP contribution >= 0.6 is 0 Å². The lowest BCUT2D eigenvalue weighted by molar-refractivity contribution is 0.102. The van der Waals surface area contributed by atoms with Gasteiger partial charge < -0.3 is 10.1 Å². The highest BCUT2D eigenvalue weighted by Crippen LogP contribution is 2.33. The van der Waals surface area contributed by atoms with E-state index >= 15 is 0 Å². The first-order valence-corrected chi connectivity index (χ1v) is 10.7. The molecule has 0 spiro atoms. The number of nitrogens with one attached hydrogen (secondary N) is 1. The van der Waals surface area contributed by atoms with E-state index in [9.17, 15) is 4.79 Å². The fourth-order valence-corrected chi connectivity index (χ4v) is 3.61. The molecule has 0 fully saturated rings. The molecule has 0 aliphatic carbocycles. The Kier molecular flexibility index (Phi) is 6.09. The fraction of sp³-hybridized carbons (Fsp3) is 0.138. The standard InChI is InChI=1S/C29H27NO2/c1-21-9-11-22(12-10-21)28(31)30-25-15-19-27(20-16-25)32-26-17-13-24(14-18-26)29(2,3)23-7-5-4-6-8-23/h4-20H,1-3H3,(H,30,31). The van der Waals surface area contributed by atoms with Crippen molar-refractivity contribution < 1.29 is 9.53 Å². The van der Waals surface area contributed by atoms with Gasteiger partial charge in [-0.15, -0.1) is 0 Å². The molecule has 160 valence electrons. The van der Waals surface area contributed by atoms with Crippen LogP contribution in [0.4, 0.5) is 5.69 Å². The Bertz CT molecular complexity index is 1180. The van der Waals surface area contributed by atoms with E-state index in [2.05, 4.69) is 55.6 Å². The van der Waals surface area contributed by atoms with Crippen molar-refractivity contribution in [2.45, 2.75) is 26.2 Å². The van der Waals surface area contributed by atoms with Gasteiger partial charge in [0.2, 0.25) is 0 Å². The Morgan fingerprint density at radius 1 is 0.688 bits per heavy atom. The summed E-state index contributed by atoms with van der Waals surface area (Å²) in [5.74, 6) is 1.36. The number of carbonyl (C=O) groups excluding carboxylic acids is 1. The first-order chi connectivity index (χ1) is 15.4. The zero-order chi connectivity index (χ0) is 22.6. The Balaban J connectivity index is 1.40. The molecule has 1 N–H and O–H groups in total. The van der Waals surface area contributed by atoms with Crippen molar-refractivity contribution >= 4 is 11.6 Å². The number of ether oxygens (including phenoxy) is 1. The molecule has 0 atom stereocenters. The van der Waals surface area contributed by atoms with Gasteiger partial charge in [-0.2, -0.15) is 0 Å². The molecule has 0 saturated heterocycles. The number of aryl methyl sites for hydroxylation is 1. The summed E-state index contributed by atoms with van der Waals surface area (Å²) in [4.78, 5) is 12.4. The molecule has 0 bridgehead atoms. The van der Waals surface area contributed by atoms with E-state index in [1.807, 2.05) is 73.7 Å². The zero-order valence-electron chi connectivity index (χ0n) is 18.6. The smallest absolute Gasteiger partial charge is 0.255 e. The quantitative estimate of drug-likeness (QED) is 0.353. The van der Waals surface area contributed by atoms with Crippen molar-refractivity contribution in [1.82, 2.24) is 0 Å². The summed E-state index contributed by atoms with van der Waals surface area (Å²) in [6.07, 6.45) is 0. The molecule has 0 unspecified atom stereocenters. The molecule has 3 heteroatoms. The highest BCUT2D eigenvalue weighted by Gasteiger charge is 2.22. The maximum absolute atomic E-state index is 12.4. The van der Waals surface area contributed by atoms with Gasteiger partial charge >= 0.3 is 0 Å². The van der Waals surface area contributed by atoms with Crippen LogP contribution in [0, 0.1) is 6.92 Å². The van der Waals surface area contributed by atoms with Crippen LogP contribution in [0.25, 0.3) is 0 Å². The summed E-state index contributed by atoms with van der Waals surface area (Å²) in [7, 11) is 0. The van der Waals surface area contributed by atoms with Crippen LogP contribution in [0.15, 0.2) is 103 Å². The molecule has 0 heterocycles. The summed E-state index contributed by atoms with van der Waals surface area (Å²) >= 11 is 0. The van der Waals surface area contributed by atoms with E-state index in [1.54, 1.807) is 0 Å². The van der Waals surface area contributed by atoms with Crippen LogP contribution in [-0.4, -0.2) is 5.91 Å². The van der Waals surface area contributed by atoms with Gasteiger partial charge in [0, 0.05) is 16.7 Å². The van der Waals surface area contributed by atoms with Gasteiger partial charge in [-0.25, -0.2) is 0 Å². The lowest BCUT2D eigenvalue weighted by atomic mass is 9.78. The number of carbonyl (C=O) groups is 1. The fourth-order valence-electron chi connectivity index (χ4n) is 3.61. The third kappa shape index (κ3) is 4.89. The highest BCUT2D eigenvalue weighted by molar-refractivity contribution is 6.04. The predicted molar refractivity (Wildman–Crippen MR) is 131 cm³/mol. The summed E-state index contributed by atoms with van der Waals surface area (Å²) in [6.45, 7) is 6.45. The summed E-state index contributed by atoms with van der Waals surface area (Å²) < 4.78 is 6.00. The second kappa shape index (κ2) is 9.11. The van der Waals surface area contributed by atoms with Crippen molar-refractivity contribution in [3.05, 3.63) is 125 Å². The molecular formula is C29H27NO2. The molecule has 32 heavy (non-hydrogen) atoms. The maximum atomic E-state index is 12.4. The van der Waals surface area contributed by atoms with Crippen LogP contribution in [-0.2, 0) is 5.41 Å². The van der Waals surface area contributed by atoms with Gasteiger partial charge in [-0.3, -0.25) is 4.79 Å². The van der Waals surface area contributed by atoms with Crippen LogP contribution in [0.5, 0.6) is 11.5 Å². The first-order valence-electron chi connectivity index (χ1n) is 10.7. The monoisotopic (exact) mass is 421 g/mol. The molecule has 1 amide bonds. The van der Waals surface area contributed by atoms with Gasteiger partial charge in [-0.1, -0.05) is 74.0 Å². The molecule has 0 aromatic heterocycles. The number of rotatable bonds is 6. The van der Waals surface area contributed by atoms with Gasteiger partial charge in [0.1, 0.15) is 11.5 Å². The second-order valence-corrected chi connectivity index (χ2v) is 8.46. The van der Waals surface area contributed by atoms with E-state index in [0.717, 1.165) is 17.0 Å². The average molecular weight is 422 g/mol. The molecule has 4 rings (SSSR count). The third-order valence-electron chi connectivity index (χ3n) is 5.73. The number of anilines is 1. The number of hydrogen-bond donors (Lipinski definition) is 1. The van der Waals surface area contributed by atoms with Crippen LogP contribution in [0.3, 0.4) is 0 Å². The lowest BCUT2D eigenvalue weighted by Crippen LogP contribution is -2.18. The van der Waals surface area contributed by atoms with Gasteiger partial charge in [0.05, 0.1) is 0 Å². The molecular weight excluding hydrogens is 394 g/mol. The molecule has 0 saturated carbocycles. The second-order valence-electron chi connectivity index (χ2n) is 8.46. The molecule has 4 aromatic rings. The van der Waals surface area contributed by atoms with Crippen molar-refractivity contribution in [3.63, 3.8) is 0 Å². The van der Waals surface area contributed by atoms with Gasteiger partial charge in [-0.05, 0) is 66.6 Å². The normalized spacial score (nSPS) is 11.1. The van der Waals surface area contributed by atoms with Gasteiger partial charge in [0.25, 0.3) is 5.91 Å². The highest BCUT2D eigenvalue weighted by atomic mass is 16.5. The molecule has 0 aliphatic rings. The topological polar surface area (TPSA) is 38.3 Å². The maximum Gasteiger partial charge on any atom is 0.255 e. The Morgan fingerprint density at radius 3 is 1.81 bits per heavy atom. The van der Waals surface area contributed by atoms with Crippen molar-refractivity contribution in [2.75, 3.05) is 5.32 Å².